The van der Waals surface area contributed by atoms with Gasteiger partial charge in [-0.2, -0.15) is 0 Å². The third-order valence-electron chi connectivity index (χ3n) is 5.66. The van der Waals surface area contributed by atoms with E-state index in [-0.39, 0.29) is 23.8 Å². The summed E-state index contributed by atoms with van der Waals surface area (Å²) in [5, 5.41) is 44.2. The van der Waals surface area contributed by atoms with E-state index in [0.717, 1.165) is 32.2 Å². The number of nitrogens with two attached hydrogens (primary N) is 5. The molecule has 0 aromatic carbocycles. The monoisotopic (exact) mass is 612 g/mol. The minimum atomic E-state index is -0.933. The van der Waals surface area contributed by atoms with E-state index in [0.29, 0.717) is 13.0 Å². The molecule has 0 aliphatic carbocycles. The van der Waals surface area contributed by atoms with E-state index in [1.165, 1.54) is 0 Å². The van der Waals surface area contributed by atoms with Crippen molar-refractivity contribution >= 4 is 29.8 Å². The minimum Gasteiger partial charge on any atom is -0.480 e. The average Bonchev–Trinajstić information content (AvgIpc) is 3.44. The molecule has 1 saturated heterocycles. The van der Waals surface area contributed by atoms with Crippen molar-refractivity contribution in [3.05, 3.63) is 0 Å². The van der Waals surface area contributed by atoms with Crippen molar-refractivity contribution in [1.29, 1.82) is 0 Å². The van der Waals surface area contributed by atoms with Crippen LogP contribution in [-0.2, 0) is 24.0 Å². The maximum atomic E-state index is 10.1. The van der Waals surface area contributed by atoms with E-state index in [1.54, 1.807) is 41.5 Å². The van der Waals surface area contributed by atoms with Crippen molar-refractivity contribution in [1.82, 2.24) is 5.32 Å². The lowest BCUT2D eigenvalue weighted by Gasteiger charge is -2.07. The highest BCUT2D eigenvalue weighted by molar-refractivity contribution is 5.74. The van der Waals surface area contributed by atoms with E-state index in [1.807, 2.05) is 0 Å². The summed E-state index contributed by atoms with van der Waals surface area (Å²) in [5.74, 6) is -4.38. The zero-order valence-corrected chi connectivity index (χ0v) is 25.7. The van der Waals surface area contributed by atoms with Crippen LogP contribution in [0.25, 0.3) is 0 Å². The Morgan fingerprint density at radius 2 is 1.02 bits per heavy atom. The molecule has 4 unspecified atom stereocenters. The van der Waals surface area contributed by atoms with Gasteiger partial charge in [-0.15, -0.1) is 0 Å². The van der Waals surface area contributed by atoms with E-state index >= 15 is 0 Å². The average molecular weight is 613 g/mol. The summed E-state index contributed by atoms with van der Waals surface area (Å²) in [6.45, 7) is 12.1. The summed E-state index contributed by atoms with van der Waals surface area (Å²) in [6, 6.07) is -3.12. The smallest absolute Gasteiger partial charge is 0.320 e. The van der Waals surface area contributed by atoms with Crippen LogP contribution < -0.4 is 34.0 Å². The Morgan fingerprint density at radius 1 is 0.667 bits per heavy atom. The lowest BCUT2D eigenvalue weighted by molar-refractivity contribution is -0.140. The molecule has 250 valence electrons. The third-order valence-corrected chi connectivity index (χ3v) is 5.66. The largest absolute Gasteiger partial charge is 0.480 e. The number of carboxylic acid groups (broad SMARTS) is 5. The Bertz CT molecular complexity index is 685. The van der Waals surface area contributed by atoms with Gasteiger partial charge in [0, 0.05) is 0 Å². The first-order chi connectivity index (χ1) is 19.1. The van der Waals surface area contributed by atoms with E-state index < -0.39 is 54.0 Å². The van der Waals surface area contributed by atoms with Crippen LogP contribution in [0.1, 0.15) is 73.6 Å². The van der Waals surface area contributed by atoms with E-state index in [2.05, 4.69) is 5.32 Å². The first-order valence-electron chi connectivity index (χ1n) is 13.7. The number of hydrogen-bond acceptors (Lipinski definition) is 11. The number of carboxylic acids is 5. The zero-order valence-electron chi connectivity index (χ0n) is 25.7. The summed E-state index contributed by atoms with van der Waals surface area (Å²) in [5.41, 5.74) is 25.9. The van der Waals surface area contributed by atoms with Crippen molar-refractivity contribution < 1.29 is 49.5 Å². The van der Waals surface area contributed by atoms with Crippen LogP contribution in [0, 0.1) is 17.8 Å². The van der Waals surface area contributed by atoms with E-state index in [4.69, 9.17) is 54.2 Å². The van der Waals surface area contributed by atoms with Crippen LogP contribution in [0.5, 0.6) is 0 Å². The van der Waals surface area contributed by atoms with Crippen molar-refractivity contribution in [2.45, 2.75) is 104 Å². The molecule has 5 atom stereocenters. The van der Waals surface area contributed by atoms with Gasteiger partial charge in [0.25, 0.3) is 0 Å². The standard InChI is InChI=1S/C6H14N2O2.C5H9NO2.3C5H11NO2/c7-4-2-1-3-5(8)6(9)10;7-5(8)4-2-1-3-6-4;3*1-3(2)4(6)5(7)8/h5H,1-4,7-8H2,(H,9,10);4,6H,1-3H2,(H,7,8);3*3-4H,6H2,1-2H3,(H,7,8)/t;4-;;;/m.0.../s1. The number of rotatable bonds is 12. The molecule has 1 aliphatic rings. The van der Waals surface area contributed by atoms with Crippen molar-refractivity contribution in [3.63, 3.8) is 0 Å². The summed E-state index contributed by atoms with van der Waals surface area (Å²) in [4.78, 5) is 50.3. The van der Waals surface area contributed by atoms with Gasteiger partial charge in [-0.3, -0.25) is 24.0 Å². The summed E-state index contributed by atoms with van der Waals surface area (Å²) in [7, 11) is 0. The van der Waals surface area contributed by atoms with Crippen LogP contribution in [0.3, 0.4) is 0 Å². The topological polar surface area (TPSA) is 329 Å². The highest BCUT2D eigenvalue weighted by Gasteiger charge is 2.20. The molecule has 42 heavy (non-hydrogen) atoms. The Hall–Kier alpha value is -2.89. The van der Waals surface area contributed by atoms with Crippen molar-refractivity contribution in [2.24, 2.45) is 46.4 Å². The highest BCUT2D eigenvalue weighted by atomic mass is 16.4. The molecule has 1 heterocycles. The molecule has 1 rings (SSSR count). The molecule has 16 heteroatoms. The summed E-state index contributed by atoms with van der Waals surface area (Å²) < 4.78 is 0. The fourth-order valence-electron chi connectivity index (χ4n) is 2.38. The van der Waals surface area contributed by atoms with Gasteiger partial charge in [0.15, 0.2) is 0 Å². The Morgan fingerprint density at radius 3 is 1.17 bits per heavy atom. The van der Waals surface area contributed by atoms with Gasteiger partial charge in [0.2, 0.25) is 0 Å². The molecular formula is C26H56N6O10. The molecule has 0 spiro atoms. The maximum absolute atomic E-state index is 10.1. The second-order valence-corrected chi connectivity index (χ2v) is 10.5. The Labute approximate surface area is 248 Å². The predicted octanol–water partition coefficient (Wildman–Crippen LogP) is -0.487. The first kappa shape index (κ1) is 46.1. The molecule has 0 saturated carbocycles. The summed E-state index contributed by atoms with van der Waals surface area (Å²) in [6.07, 6.45) is 3.95. The van der Waals surface area contributed by atoms with Crippen molar-refractivity contribution in [3.8, 4) is 0 Å². The number of hydrogen-bond donors (Lipinski definition) is 11. The highest BCUT2D eigenvalue weighted by Crippen LogP contribution is 2.03. The van der Waals surface area contributed by atoms with Crippen LogP contribution in [0.2, 0.25) is 0 Å². The van der Waals surface area contributed by atoms with Crippen LogP contribution in [-0.4, -0.2) is 98.7 Å². The quantitative estimate of drug-likeness (QED) is 0.124. The normalized spacial score (nSPS) is 16.5. The van der Waals surface area contributed by atoms with Crippen LogP contribution >= 0.6 is 0 Å². The second-order valence-electron chi connectivity index (χ2n) is 10.5. The van der Waals surface area contributed by atoms with Gasteiger partial charge in [0.05, 0.1) is 0 Å². The SMILES string of the molecule is CC(C)C(N)C(=O)O.CC(C)C(N)C(=O)O.CC(C)C(N)C(=O)O.NCCCCC(N)C(=O)O.O=C(O)[C@@H]1CCCN1. The number of nitrogens with one attached hydrogen (secondary N) is 1. The molecule has 16 N–H and O–H groups in total. The molecule has 0 aromatic heterocycles. The molecule has 1 aliphatic heterocycles. The van der Waals surface area contributed by atoms with Crippen molar-refractivity contribution in [2.75, 3.05) is 13.1 Å². The zero-order chi connectivity index (χ0) is 34.2. The number of unbranched alkanes of at least 4 members (excludes halogenated alkanes) is 1. The number of carbonyl (C=O) groups is 5. The summed E-state index contributed by atoms with van der Waals surface area (Å²) >= 11 is 0. The van der Waals surface area contributed by atoms with Gasteiger partial charge in [-0.05, 0) is 56.5 Å². The fourth-order valence-corrected chi connectivity index (χ4v) is 2.38. The van der Waals surface area contributed by atoms with Gasteiger partial charge in [-0.25, -0.2) is 0 Å². The molecule has 1 fully saturated rings. The molecule has 0 bridgehead atoms. The lowest BCUT2D eigenvalue weighted by Crippen LogP contribution is -2.34. The van der Waals surface area contributed by atoms with E-state index in [9.17, 15) is 24.0 Å². The number of aliphatic carboxylic acids is 5. The first-order valence-corrected chi connectivity index (χ1v) is 13.7. The van der Waals surface area contributed by atoms with Gasteiger partial charge >= 0.3 is 29.8 Å². The van der Waals surface area contributed by atoms with Crippen LogP contribution in [0.4, 0.5) is 0 Å². The predicted molar refractivity (Wildman–Crippen MR) is 159 cm³/mol. The molecular weight excluding hydrogens is 556 g/mol. The molecule has 0 aromatic rings. The molecule has 0 radical (unpaired) electrons. The van der Waals surface area contributed by atoms with Gasteiger partial charge in [0.1, 0.15) is 30.2 Å². The fraction of sp³-hybridized carbons (Fsp3) is 0.808. The third kappa shape index (κ3) is 28.6. The molecule has 16 nitrogen and oxygen atoms in total. The Balaban J connectivity index is -0.000000215. The maximum Gasteiger partial charge on any atom is 0.320 e. The molecule has 0 amide bonds. The Kier molecular flexibility index (Phi) is 29.6. The van der Waals surface area contributed by atoms with Crippen LogP contribution in [0.15, 0.2) is 0 Å². The second kappa shape index (κ2) is 27.0. The lowest BCUT2D eigenvalue weighted by atomic mass is 10.1. The van der Waals surface area contributed by atoms with Gasteiger partial charge in [-0.1, -0.05) is 48.0 Å². The van der Waals surface area contributed by atoms with Gasteiger partial charge < -0.3 is 59.5 Å². The minimum absolute atomic E-state index is 0.0208.